The minimum Gasteiger partial charge on any atom is -0.497 e. The predicted molar refractivity (Wildman–Crippen MR) is 151 cm³/mol. The molecule has 0 amide bonds. The van der Waals surface area contributed by atoms with E-state index in [-0.39, 0.29) is 5.41 Å². The van der Waals surface area contributed by atoms with E-state index in [4.69, 9.17) is 14.7 Å². The number of aryl methyl sites for hydroxylation is 3. The van der Waals surface area contributed by atoms with Gasteiger partial charge in [-0.05, 0) is 59.7 Å². The van der Waals surface area contributed by atoms with Gasteiger partial charge in [-0.2, -0.15) is 4.98 Å². The molecule has 4 aromatic rings. The number of benzene rings is 2. The Morgan fingerprint density at radius 1 is 0.892 bits per heavy atom. The highest BCUT2D eigenvalue weighted by atomic mass is 16.5. The van der Waals surface area contributed by atoms with Gasteiger partial charge in [-0.15, -0.1) is 0 Å². The first-order chi connectivity index (χ1) is 17.6. The van der Waals surface area contributed by atoms with E-state index in [9.17, 15) is 0 Å². The molecular weight excluding hydrogens is 460 g/mol. The van der Waals surface area contributed by atoms with Crippen LogP contribution in [0.1, 0.15) is 48.7 Å². The minimum atomic E-state index is 0.100. The highest BCUT2D eigenvalue weighted by molar-refractivity contribution is 5.75. The normalized spacial score (nSPS) is 14.5. The van der Waals surface area contributed by atoms with Crippen LogP contribution in [0.5, 0.6) is 5.75 Å². The fraction of sp³-hybridized carbons (Fsp3) is 0.433. The van der Waals surface area contributed by atoms with Crippen molar-refractivity contribution in [3.05, 3.63) is 70.7 Å². The molecule has 0 spiro atoms. The Hall–Kier alpha value is -3.61. The minimum absolute atomic E-state index is 0.100. The van der Waals surface area contributed by atoms with Crippen LogP contribution in [0.4, 0.5) is 11.6 Å². The van der Waals surface area contributed by atoms with Crippen LogP contribution in [-0.2, 0) is 18.9 Å². The quantitative estimate of drug-likeness (QED) is 0.377. The Bertz CT molecular complexity index is 1430. The molecule has 7 heteroatoms. The Morgan fingerprint density at radius 2 is 1.62 bits per heavy atom. The van der Waals surface area contributed by atoms with Gasteiger partial charge in [-0.3, -0.25) is 0 Å². The van der Waals surface area contributed by atoms with Gasteiger partial charge in [-0.1, -0.05) is 39.0 Å². The Kier molecular flexibility index (Phi) is 6.56. The fourth-order valence-corrected chi connectivity index (χ4v) is 5.16. The Balaban J connectivity index is 1.42. The smallest absolute Gasteiger partial charge is 0.227 e. The standard InChI is InChI=1S/C30H38N6O/c1-20-8-9-23(30(3,4)5)17-22(20)18-25-27-28(31-19-34(27)6)33-29(32-25)36-14-12-35(13-15-36)26-11-10-24(37-7)16-21(26)2/h8-11,16-17,19H,12-15,18H2,1-7H3. The van der Waals surface area contributed by atoms with Crippen LogP contribution < -0.4 is 14.5 Å². The van der Waals surface area contributed by atoms with Crippen molar-refractivity contribution in [2.24, 2.45) is 7.05 Å². The molecule has 37 heavy (non-hydrogen) atoms. The lowest BCUT2D eigenvalue weighted by Gasteiger charge is -2.37. The third-order valence-corrected chi connectivity index (χ3v) is 7.51. The lowest BCUT2D eigenvalue weighted by atomic mass is 9.84. The van der Waals surface area contributed by atoms with E-state index in [1.165, 1.54) is 27.9 Å². The zero-order valence-electron chi connectivity index (χ0n) is 23.2. The maximum Gasteiger partial charge on any atom is 0.227 e. The molecule has 1 saturated heterocycles. The summed E-state index contributed by atoms with van der Waals surface area (Å²) in [5.74, 6) is 1.67. The summed E-state index contributed by atoms with van der Waals surface area (Å²) < 4.78 is 7.43. The van der Waals surface area contributed by atoms with E-state index in [1.807, 2.05) is 24.0 Å². The third-order valence-electron chi connectivity index (χ3n) is 7.51. The molecular formula is C30H38N6O. The number of anilines is 2. The van der Waals surface area contributed by atoms with Crippen LogP contribution in [0.2, 0.25) is 0 Å². The van der Waals surface area contributed by atoms with E-state index >= 15 is 0 Å². The summed E-state index contributed by atoms with van der Waals surface area (Å²) in [5.41, 5.74) is 9.33. The summed E-state index contributed by atoms with van der Waals surface area (Å²) in [4.78, 5) is 19.4. The average molecular weight is 499 g/mol. The van der Waals surface area contributed by atoms with Crippen LogP contribution in [-0.4, -0.2) is 52.8 Å². The molecule has 2 aromatic heterocycles. The molecule has 0 atom stereocenters. The fourth-order valence-electron chi connectivity index (χ4n) is 5.16. The van der Waals surface area contributed by atoms with Crippen molar-refractivity contribution < 1.29 is 4.74 Å². The maximum absolute atomic E-state index is 5.38. The van der Waals surface area contributed by atoms with Gasteiger partial charge in [0.1, 0.15) is 11.3 Å². The third kappa shape index (κ3) is 4.99. The molecule has 5 rings (SSSR count). The summed E-state index contributed by atoms with van der Waals surface area (Å²) in [6, 6.07) is 13.1. The number of ether oxygens (including phenoxy) is 1. The van der Waals surface area contributed by atoms with E-state index in [0.29, 0.717) is 0 Å². The topological polar surface area (TPSA) is 59.3 Å². The number of nitrogens with zero attached hydrogens (tertiary/aromatic N) is 6. The predicted octanol–water partition coefficient (Wildman–Crippen LogP) is 5.20. The number of aromatic nitrogens is 4. The summed E-state index contributed by atoms with van der Waals surface area (Å²) in [5, 5.41) is 0. The van der Waals surface area contributed by atoms with Crippen LogP contribution in [0.15, 0.2) is 42.7 Å². The summed E-state index contributed by atoms with van der Waals surface area (Å²) >= 11 is 0. The van der Waals surface area contributed by atoms with Gasteiger partial charge in [0.25, 0.3) is 0 Å². The number of hydrogen-bond donors (Lipinski definition) is 0. The van der Waals surface area contributed by atoms with Gasteiger partial charge >= 0.3 is 0 Å². The van der Waals surface area contributed by atoms with Gasteiger partial charge in [0.05, 0.1) is 19.1 Å². The molecule has 0 unspecified atom stereocenters. The first-order valence-electron chi connectivity index (χ1n) is 13.1. The average Bonchev–Trinajstić information content (AvgIpc) is 3.25. The molecule has 7 nitrogen and oxygen atoms in total. The SMILES string of the molecule is COc1ccc(N2CCN(c3nc(Cc4cc(C(C)(C)C)ccc4C)c4c(ncn4C)n3)CC2)c(C)c1. The number of imidazole rings is 1. The number of rotatable bonds is 5. The van der Waals surface area contributed by atoms with Crippen molar-refractivity contribution in [2.75, 3.05) is 43.1 Å². The molecule has 3 heterocycles. The van der Waals surface area contributed by atoms with Gasteiger partial charge in [0.2, 0.25) is 5.95 Å². The molecule has 0 aliphatic carbocycles. The van der Waals surface area contributed by atoms with Gasteiger partial charge in [0, 0.05) is 45.3 Å². The zero-order valence-corrected chi connectivity index (χ0v) is 23.2. The molecule has 0 bridgehead atoms. The molecule has 2 aromatic carbocycles. The summed E-state index contributed by atoms with van der Waals surface area (Å²) in [7, 11) is 3.73. The molecule has 1 fully saturated rings. The maximum atomic E-state index is 5.38. The number of methoxy groups -OCH3 is 1. The van der Waals surface area contributed by atoms with Gasteiger partial charge in [0.15, 0.2) is 5.65 Å². The molecule has 1 aliphatic rings. The van der Waals surface area contributed by atoms with Crippen molar-refractivity contribution in [1.29, 1.82) is 0 Å². The van der Waals surface area contributed by atoms with Crippen molar-refractivity contribution >= 4 is 22.8 Å². The second kappa shape index (κ2) is 9.69. The zero-order chi connectivity index (χ0) is 26.3. The van der Waals surface area contributed by atoms with Gasteiger partial charge < -0.3 is 19.1 Å². The van der Waals surface area contributed by atoms with E-state index in [0.717, 1.165) is 61.2 Å². The van der Waals surface area contributed by atoms with Crippen LogP contribution in [0.3, 0.4) is 0 Å². The number of hydrogen-bond acceptors (Lipinski definition) is 6. The Morgan fingerprint density at radius 3 is 2.30 bits per heavy atom. The Labute approximate surface area is 220 Å². The molecule has 194 valence electrons. The largest absolute Gasteiger partial charge is 0.497 e. The van der Waals surface area contributed by atoms with Crippen LogP contribution in [0, 0.1) is 13.8 Å². The summed E-state index contributed by atoms with van der Waals surface area (Å²) in [6.45, 7) is 14.7. The molecule has 0 N–H and O–H groups in total. The molecule has 0 saturated carbocycles. The van der Waals surface area contributed by atoms with Crippen molar-refractivity contribution in [2.45, 2.75) is 46.5 Å². The van der Waals surface area contributed by atoms with Crippen molar-refractivity contribution in [1.82, 2.24) is 19.5 Å². The van der Waals surface area contributed by atoms with E-state index in [1.54, 1.807) is 7.11 Å². The van der Waals surface area contributed by atoms with Crippen LogP contribution in [0.25, 0.3) is 11.2 Å². The highest BCUT2D eigenvalue weighted by Gasteiger charge is 2.23. The second-order valence-corrected chi connectivity index (χ2v) is 11.2. The lowest BCUT2D eigenvalue weighted by Crippen LogP contribution is -2.47. The van der Waals surface area contributed by atoms with Crippen molar-refractivity contribution in [3.8, 4) is 5.75 Å². The van der Waals surface area contributed by atoms with Gasteiger partial charge in [-0.25, -0.2) is 9.97 Å². The lowest BCUT2D eigenvalue weighted by molar-refractivity contribution is 0.414. The highest BCUT2D eigenvalue weighted by Crippen LogP contribution is 2.29. The molecule has 0 radical (unpaired) electrons. The first-order valence-corrected chi connectivity index (χ1v) is 13.1. The van der Waals surface area contributed by atoms with E-state index < -0.39 is 0 Å². The van der Waals surface area contributed by atoms with E-state index in [2.05, 4.69) is 79.7 Å². The monoisotopic (exact) mass is 498 g/mol. The molecule has 1 aliphatic heterocycles. The number of piperazine rings is 1. The van der Waals surface area contributed by atoms with Crippen LogP contribution >= 0.6 is 0 Å². The number of fused-ring (bicyclic) bond motifs is 1. The van der Waals surface area contributed by atoms with Crippen molar-refractivity contribution in [3.63, 3.8) is 0 Å². The second-order valence-electron chi connectivity index (χ2n) is 11.2. The summed E-state index contributed by atoms with van der Waals surface area (Å²) in [6.07, 6.45) is 2.60. The first kappa shape index (κ1) is 25.1.